The van der Waals surface area contributed by atoms with E-state index in [2.05, 4.69) is 35.8 Å². The van der Waals surface area contributed by atoms with Crippen LogP contribution in [-0.2, 0) is 13.0 Å². The van der Waals surface area contributed by atoms with Crippen molar-refractivity contribution in [2.75, 3.05) is 7.05 Å². The fourth-order valence-corrected chi connectivity index (χ4v) is 2.34. The van der Waals surface area contributed by atoms with Crippen LogP contribution in [0.4, 0.5) is 0 Å². The first-order valence-electron chi connectivity index (χ1n) is 6.19. The van der Waals surface area contributed by atoms with Gasteiger partial charge < -0.3 is 10.1 Å². The quantitative estimate of drug-likeness (QED) is 0.859. The molecule has 0 aliphatic carbocycles. The fraction of sp³-hybridized carbons (Fsp3) is 0.333. The van der Waals surface area contributed by atoms with Crippen LogP contribution in [0.5, 0.6) is 5.75 Å². The molecule has 0 radical (unpaired) electrons. The molecule has 0 aliphatic rings. The van der Waals surface area contributed by atoms with Gasteiger partial charge in [-0.3, -0.25) is 0 Å². The lowest BCUT2D eigenvalue weighted by Crippen LogP contribution is -2.23. The number of likely N-dealkylation sites (N-methyl/N-ethyl adjacent to an activating group) is 1. The summed E-state index contributed by atoms with van der Waals surface area (Å²) < 4.78 is 5.73. The van der Waals surface area contributed by atoms with E-state index in [4.69, 9.17) is 4.74 Å². The van der Waals surface area contributed by atoms with Gasteiger partial charge in [-0.25, -0.2) is 0 Å². The van der Waals surface area contributed by atoms with Crippen LogP contribution in [0.2, 0.25) is 0 Å². The molecule has 1 atom stereocenters. The summed E-state index contributed by atoms with van der Waals surface area (Å²) in [5, 5.41) is 5.31. The molecule has 0 saturated heterocycles. The number of hydrogen-bond acceptors (Lipinski definition) is 3. The molecule has 1 heterocycles. The van der Waals surface area contributed by atoms with Gasteiger partial charge in [-0.15, -0.1) is 11.3 Å². The Kier molecular flexibility index (Phi) is 4.79. The number of benzene rings is 1. The van der Waals surface area contributed by atoms with Gasteiger partial charge in [-0.2, -0.15) is 0 Å². The minimum atomic E-state index is 0.503. The predicted octanol–water partition coefficient (Wildman–Crippen LogP) is 3.48. The molecular weight excluding hydrogens is 242 g/mol. The molecule has 0 saturated carbocycles. The number of thiophene rings is 1. The van der Waals surface area contributed by atoms with E-state index >= 15 is 0 Å². The molecule has 1 aromatic carbocycles. The minimum absolute atomic E-state index is 0.503. The number of rotatable bonds is 6. The first kappa shape index (κ1) is 13.1. The van der Waals surface area contributed by atoms with Gasteiger partial charge >= 0.3 is 0 Å². The van der Waals surface area contributed by atoms with Crippen molar-refractivity contribution >= 4 is 11.3 Å². The molecule has 0 amide bonds. The van der Waals surface area contributed by atoms with Gasteiger partial charge in [0.1, 0.15) is 12.4 Å². The van der Waals surface area contributed by atoms with Crippen LogP contribution in [0.3, 0.4) is 0 Å². The zero-order valence-electron chi connectivity index (χ0n) is 10.8. The van der Waals surface area contributed by atoms with Gasteiger partial charge in [0.25, 0.3) is 0 Å². The summed E-state index contributed by atoms with van der Waals surface area (Å²) >= 11 is 1.72. The van der Waals surface area contributed by atoms with E-state index in [0.29, 0.717) is 12.6 Å². The summed E-state index contributed by atoms with van der Waals surface area (Å²) in [4.78, 5) is 1.25. The van der Waals surface area contributed by atoms with Crippen LogP contribution < -0.4 is 10.1 Å². The van der Waals surface area contributed by atoms with Crippen LogP contribution in [0.1, 0.15) is 17.4 Å². The third kappa shape index (κ3) is 3.86. The zero-order valence-corrected chi connectivity index (χ0v) is 11.7. The zero-order chi connectivity index (χ0) is 12.8. The summed E-state index contributed by atoms with van der Waals surface area (Å²) in [5.41, 5.74) is 1.33. The van der Waals surface area contributed by atoms with Crippen LogP contribution in [0.25, 0.3) is 0 Å². The summed E-state index contributed by atoms with van der Waals surface area (Å²) in [5.74, 6) is 0.935. The van der Waals surface area contributed by atoms with E-state index in [9.17, 15) is 0 Å². The van der Waals surface area contributed by atoms with Crippen LogP contribution >= 0.6 is 11.3 Å². The molecule has 0 aliphatic heterocycles. The van der Waals surface area contributed by atoms with Crippen molar-refractivity contribution in [2.45, 2.75) is 26.0 Å². The molecule has 3 heteroatoms. The van der Waals surface area contributed by atoms with Gasteiger partial charge in [-0.05, 0) is 49.5 Å². The molecule has 1 N–H and O–H groups in total. The highest BCUT2D eigenvalue weighted by Crippen LogP contribution is 2.17. The number of hydrogen-bond donors (Lipinski definition) is 1. The van der Waals surface area contributed by atoms with Gasteiger partial charge in [0.2, 0.25) is 0 Å². The highest BCUT2D eigenvalue weighted by molar-refractivity contribution is 7.09. The van der Waals surface area contributed by atoms with E-state index < -0.39 is 0 Å². The molecule has 0 bridgehead atoms. The standard InChI is InChI=1S/C15H19NOS/c1-12(16-2)10-13-5-7-14(8-6-13)17-11-15-4-3-9-18-15/h3-9,12,16H,10-11H2,1-2H3. The molecular formula is C15H19NOS. The normalized spacial score (nSPS) is 12.3. The van der Waals surface area contributed by atoms with Crippen molar-refractivity contribution in [3.63, 3.8) is 0 Å². The van der Waals surface area contributed by atoms with Crippen molar-refractivity contribution in [3.05, 3.63) is 52.2 Å². The monoisotopic (exact) mass is 261 g/mol. The third-order valence-corrected chi connectivity index (χ3v) is 3.77. The average Bonchev–Trinajstić information content (AvgIpc) is 2.91. The van der Waals surface area contributed by atoms with Crippen molar-refractivity contribution in [1.29, 1.82) is 0 Å². The topological polar surface area (TPSA) is 21.3 Å². The predicted molar refractivity (Wildman–Crippen MR) is 77.3 cm³/mol. The van der Waals surface area contributed by atoms with Gasteiger partial charge in [0.15, 0.2) is 0 Å². The molecule has 0 spiro atoms. The summed E-state index contributed by atoms with van der Waals surface area (Å²) in [6.07, 6.45) is 1.04. The maximum atomic E-state index is 5.73. The molecule has 96 valence electrons. The molecule has 2 aromatic rings. The van der Waals surface area contributed by atoms with Crippen LogP contribution in [-0.4, -0.2) is 13.1 Å². The first-order chi connectivity index (χ1) is 8.78. The van der Waals surface area contributed by atoms with Crippen molar-refractivity contribution in [2.24, 2.45) is 0 Å². The lowest BCUT2D eigenvalue weighted by Gasteiger charge is -2.10. The molecule has 1 aromatic heterocycles. The largest absolute Gasteiger partial charge is 0.488 e. The maximum absolute atomic E-state index is 5.73. The van der Waals surface area contributed by atoms with E-state index in [0.717, 1.165) is 12.2 Å². The second-order valence-corrected chi connectivity index (χ2v) is 5.44. The van der Waals surface area contributed by atoms with Crippen molar-refractivity contribution in [3.8, 4) is 5.75 Å². The Balaban J connectivity index is 1.87. The summed E-state index contributed by atoms with van der Waals surface area (Å²) in [6, 6.07) is 13.0. The lowest BCUT2D eigenvalue weighted by atomic mass is 10.1. The Morgan fingerprint density at radius 2 is 2.00 bits per heavy atom. The minimum Gasteiger partial charge on any atom is -0.488 e. The van der Waals surface area contributed by atoms with Crippen LogP contribution in [0, 0.1) is 0 Å². The molecule has 18 heavy (non-hydrogen) atoms. The van der Waals surface area contributed by atoms with E-state index in [1.54, 1.807) is 11.3 Å². The Labute approximate surface area is 113 Å². The smallest absolute Gasteiger partial charge is 0.122 e. The van der Waals surface area contributed by atoms with E-state index in [1.165, 1.54) is 10.4 Å². The maximum Gasteiger partial charge on any atom is 0.122 e. The second-order valence-electron chi connectivity index (χ2n) is 4.41. The van der Waals surface area contributed by atoms with Gasteiger partial charge in [0.05, 0.1) is 0 Å². The Bertz CT molecular complexity index is 450. The SMILES string of the molecule is CNC(C)Cc1ccc(OCc2cccs2)cc1. The first-order valence-corrected chi connectivity index (χ1v) is 7.07. The highest BCUT2D eigenvalue weighted by atomic mass is 32.1. The van der Waals surface area contributed by atoms with Crippen molar-refractivity contribution in [1.82, 2.24) is 5.32 Å². The molecule has 0 fully saturated rings. The third-order valence-electron chi connectivity index (χ3n) is 2.92. The average molecular weight is 261 g/mol. The lowest BCUT2D eigenvalue weighted by molar-refractivity contribution is 0.309. The molecule has 1 unspecified atom stereocenters. The second kappa shape index (κ2) is 6.57. The van der Waals surface area contributed by atoms with Gasteiger partial charge in [-0.1, -0.05) is 18.2 Å². The van der Waals surface area contributed by atoms with E-state index in [1.807, 2.05) is 25.2 Å². The number of nitrogens with one attached hydrogen (secondary N) is 1. The molecule has 2 rings (SSSR count). The fourth-order valence-electron chi connectivity index (χ4n) is 1.73. The number of ether oxygens (including phenoxy) is 1. The van der Waals surface area contributed by atoms with Gasteiger partial charge in [0, 0.05) is 10.9 Å². The Hall–Kier alpha value is -1.32. The summed E-state index contributed by atoms with van der Waals surface area (Å²) in [7, 11) is 1.99. The Morgan fingerprint density at radius 1 is 1.22 bits per heavy atom. The van der Waals surface area contributed by atoms with E-state index in [-0.39, 0.29) is 0 Å². The Morgan fingerprint density at radius 3 is 2.61 bits per heavy atom. The van der Waals surface area contributed by atoms with Crippen LogP contribution in [0.15, 0.2) is 41.8 Å². The summed E-state index contributed by atoms with van der Waals surface area (Å²) in [6.45, 7) is 2.84. The van der Waals surface area contributed by atoms with Crippen molar-refractivity contribution < 1.29 is 4.74 Å². The highest BCUT2D eigenvalue weighted by Gasteiger charge is 2.01. The molecule has 2 nitrogen and oxygen atoms in total.